The molecular weight excluding hydrogens is 314 g/mol. The van der Waals surface area contributed by atoms with Crippen LogP contribution < -0.4 is 4.90 Å². The Bertz CT molecular complexity index is 616. The third kappa shape index (κ3) is 3.28. The predicted octanol–water partition coefficient (Wildman–Crippen LogP) is 4.73. The maximum absolute atomic E-state index is 12.7. The molecule has 3 heteroatoms. The standard InChI is InChI=1S/C17H18BrNO/c1-4-19(16-9-12(2)8-13(3)10-16)17(20)14-6-5-7-15(18)11-14/h5-11H,4H2,1-3H3. The van der Waals surface area contributed by atoms with E-state index in [-0.39, 0.29) is 5.91 Å². The van der Waals surface area contributed by atoms with Gasteiger partial charge in [0.1, 0.15) is 0 Å². The number of hydrogen-bond donors (Lipinski definition) is 0. The fourth-order valence-electron chi connectivity index (χ4n) is 2.33. The van der Waals surface area contributed by atoms with Crippen LogP contribution >= 0.6 is 15.9 Å². The van der Waals surface area contributed by atoms with E-state index >= 15 is 0 Å². The van der Waals surface area contributed by atoms with Crippen LogP contribution in [0.5, 0.6) is 0 Å². The van der Waals surface area contributed by atoms with Crippen molar-refractivity contribution in [3.05, 3.63) is 63.6 Å². The number of aryl methyl sites for hydroxylation is 2. The van der Waals surface area contributed by atoms with Crippen molar-refractivity contribution in [3.8, 4) is 0 Å². The molecule has 0 unspecified atom stereocenters. The second kappa shape index (κ2) is 6.23. The van der Waals surface area contributed by atoms with E-state index in [0.29, 0.717) is 12.1 Å². The molecule has 0 radical (unpaired) electrons. The molecule has 2 rings (SSSR count). The van der Waals surface area contributed by atoms with Gasteiger partial charge in [-0.1, -0.05) is 28.1 Å². The molecule has 2 aromatic carbocycles. The van der Waals surface area contributed by atoms with E-state index < -0.39 is 0 Å². The molecule has 0 aliphatic carbocycles. The van der Waals surface area contributed by atoms with E-state index in [2.05, 4.69) is 22.0 Å². The average molecular weight is 332 g/mol. The molecule has 0 N–H and O–H groups in total. The molecular formula is C17H18BrNO. The molecule has 0 aromatic heterocycles. The number of hydrogen-bond acceptors (Lipinski definition) is 1. The first-order valence-electron chi connectivity index (χ1n) is 6.67. The highest BCUT2D eigenvalue weighted by Crippen LogP contribution is 2.22. The van der Waals surface area contributed by atoms with E-state index in [1.54, 1.807) is 0 Å². The Morgan fingerprint density at radius 1 is 1.10 bits per heavy atom. The van der Waals surface area contributed by atoms with E-state index in [1.807, 2.05) is 62.1 Å². The van der Waals surface area contributed by atoms with Crippen molar-refractivity contribution in [1.82, 2.24) is 0 Å². The van der Waals surface area contributed by atoms with Crippen LogP contribution in [-0.2, 0) is 0 Å². The maximum Gasteiger partial charge on any atom is 0.258 e. The van der Waals surface area contributed by atoms with Crippen LogP contribution in [-0.4, -0.2) is 12.5 Å². The van der Waals surface area contributed by atoms with Gasteiger partial charge in [0.2, 0.25) is 0 Å². The van der Waals surface area contributed by atoms with E-state index in [9.17, 15) is 4.79 Å². The lowest BCUT2D eigenvalue weighted by Crippen LogP contribution is -2.30. The SMILES string of the molecule is CCN(C(=O)c1cccc(Br)c1)c1cc(C)cc(C)c1. The number of benzene rings is 2. The number of rotatable bonds is 3. The molecule has 0 fully saturated rings. The molecule has 0 aliphatic rings. The third-order valence-corrected chi connectivity index (χ3v) is 3.64. The Hall–Kier alpha value is -1.61. The fraction of sp³-hybridized carbons (Fsp3) is 0.235. The number of carbonyl (C=O) groups is 1. The summed E-state index contributed by atoms with van der Waals surface area (Å²) in [6.07, 6.45) is 0. The van der Waals surface area contributed by atoms with Gasteiger partial charge >= 0.3 is 0 Å². The maximum atomic E-state index is 12.7. The lowest BCUT2D eigenvalue weighted by atomic mass is 10.1. The van der Waals surface area contributed by atoms with Gasteiger partial charge in [-0.15, -0.1) is 0 Å². The molecule has 1 amide bonds. The van der Waals surface area contributed by atoms with Gasteiger partial charge in [-0.2, -0.15) is 0 Å². The van der Waals surface area contributed by atoms with Gasteiger partial charge in [-0.25, -0.2) is 0 Å². The van der Waals surface area contributed by atoms with Gasteiger partial charge in [0.05, 0.1) is 0 Å². The minimum Gasteiger partial charge on any atom is -0.309 e. The van der Waals surface area contributed by atoms with Crippen LogP contribution in [0.3, 0.4) is 0 Å². The molecule has 0 saturated heterocycles. The third-order valence-electron chi connectivity index (χ3n) is 3.15. The zero-order valence-electron chi connectivity index (χ0n) is 12.0. The van der Waals surface area contributed by atoms with Gasteiger partial charge in [0.15, 0.2) is 0 Å². The van der Waals surface area contributed by atoms with Crippen molar-refractivity contribution in [2.75, 3.05) is 11.4 Å². The quantitative estimate of drug-likeness (QED) is 0.795. The summed E-state index contributed by atoms with van der Waals surface area (Å²) in [5, 5.41) is 0. The van der Waals surface area contributed by atoms with Gasteiger partial charge in [-0.05, 0) is 62.2 Å². The Morgan fingerprint density at radius 3 is 2.30 bits per heavy atom. The van der Waals surface area contributed by atoms with Gasteiger partial charge in [-0.3, -0.25) is 4.79 Å². The van der Waals surface area contributed by atoms with Crippen LogP contribution in [0.4, 0.5) is 5.69 Å². The van der Waals surface area contributed by atoms with Crippen molar-refractivity contribution in [2.45, 2.75) is 20.8 Å². The van der Waals surface area contributed by atoms with E-state index in [1.165, 1.54) is 11.1 Å². The predicted molar refractivity (Wildman–Crippen MR) is 87.4 cm³/mol. The van der Waals surface area contributed by atoms with Crippen LogP contribution in [0, 0.1) is 13.8 Å². The molecule has 104 valence electrons. The minimum absolute atomic E-state index is 0.0267. The van der Waals surface area contributed by atoms with Crippen LogP contribution in [0.15, 0.2) is 46.9 Å². The largest absolute Gasteiger partial charge is 0.309 e. The molecule has 0 saturated carbocycles. The van der Waals surface area contributed by atoms with Crippen LogP contribution in [0.1, 0.15) is 28.4 Å². The molecule has 20 heavy (non-hydrogen) atoms. The molecule has 0 spiro atoms. The molecule has 0 aliphatic heterocycles. The smallest absolute Gasteiger partial charge is 0.258 e. The van der Waals surface area contributed by atoms with Gasteiger partial charge in [0.25, 0.3) is 5.91 Å². The molecule has 0 atom stereocenters. The summed E-state index contributed by atoms with van der Waals surface area (Å²) in [6, 6.07) is 13.7. The number of carbonyl (C=O) groups excluding carboxylic acids is 1. The average Bonchev–Trinajstić information content (AvgIpc) is 2.38. The van der Waals surface area contributed by atoms with E-state index in [0.717, 1.165) is 10.2 Å². The summed E-state index contributed by atoms with van der Waals surface area (Å²) < 4.78 is 0.917. The zero-order chi connectivity index (χ0) is 14.7. The van der Waals surface area contributed by atoms with Crippen molar-refractivity contribution >= 4 is 27.5 Å². The fourth-order valence-corrected chi connectivity index (χ4v) is 2.73. The lowest BCUT2D eigenvalue weighted by molar-refractivity contribution is 0.0988. The zero-order valence-corrected chi connectivity index (χ0v) is 13.6. The second-order valence-corrected chi connectivity index (χ2v) is 5.82. The highest BCUT2D eigenvalue weighted by Gasteiger charge is 2.16. The summed E-state index contributed by atoms with van der Waals surface area (Å²) in [5.74, 6) is 0.0267. The van der Waals surface area contributed by atoms with Crippen molar-refractivity contribution in [3.63, 3.8) is 0 Å². The Morgan fingerprint density at radius 2 is 1.75 bits per heavy atom. The number of amides is 1. The molecule has 0 bridgehead atoms. The van der Waals surface area contributed by atoms with Gasteiger partial charge in [0, 0.05) is 22.3 Å². The minimum atomic E-state index is 0.0267. The highest BCUT2D eigenvalue weighted by atomic mass is 79.9. The highest BCUT2D eigenvalue weighted by molar-refractivity contribution is 9.10. The van der Waals surface area contributed by atoms with Crippen molar-refractivity contribution in [1.29, 1.82) is 0 Å². The van der Waals surface area contributed by atoms with Crippen LogP contribution in [0.2, 0.25) is 0 Å². The lowest BCUT2D eigenvalue weighted by Gasteiger charge is -2.22. The monoisotopic (exact) mass is 331 g/mol. The molecule has 2 aromatic rings. The van der Waals surface area contributed by atoms with Crippen molar-refractivity contribution in [2.24, 2.45) is 0 Å². The molecule has 2 nitrogen and oxygen atoms in total. The van der Waals surface area contributed by atoms with Crippen LogP contribution in [0.25, 0.3) is 0 Å². The Balaban J connectivity index is 2.39. The Labute approximate surface area is 128 Å². The van der Waals surface area contributed by atoms with Gasteiger partial charge < -0.3 is 4.90 Å². The number of nitrogens with zero attached hydrogens (tertiary/aromatic N) is 1. The first kappa shape index (κ1) is 14.8. The molecule has 0 heterocycles. The second-order valence-electron chi connectivity index (χ2n) is 4.91. The summed E-state index contributed by atoms with van der Waals surface area (Å²) >= 11 is 3.41. The Kier molecular flexibility index (Phi) is 4.61. The summed E-state index contributed by atoms with van der Waals surface area (Å²) in [7, 11) is 0. The van der Waals surface area contributed by atoms with Crippen molar-refractivity contribution < 1.29 is 4.79 Å². The first-order valence-corrected chi connectivity index (χ1v) is 7.46. The topological polar surface area (TPSA) is 20.3 Å². The first-order chi connectivity index (χ1) is 9.51. The summed E-state index contributed by atoms with van der Waals surface area (Å²) in [4.78, 5) is 14.5. The number of anilines is 1. The van der Waals surface area contributed by atoms with E-state index in [4.69, 9.17) is 0 Å². The summed E-state index contributed by atoms with van der Waals surface area (Å²) in [5.41, 5.74) is 3.98. The summed E-state index contributed by atoms with van der Waals surface area (Å²) in [6.45, 7) is 6.74. The normalized spacial score (nSPS) is 10.4. The number of halogens is 1.